The van der Waals surface area contributed by atoms with Gasteiger partial charge in [0.25, 0.3) is 0 Å². The van der Waals surface area contributed by atoms with Crippen LogP contribution in [0.4, 0.5) is 0 Å². The summed E-state index contributed by atoms with van der Waals surface area (Å²) in [6.45, 7) is 0. The van der Waals surface area contributed by atoms with Gasteiger partial charge in [0.05, 0.1) is 98.7 Å². The third-order valence-corrected chi connectivity index (χ3v) is 29.7. The molecule has 535 valence electrons. The van der Waals surface area contributed by atoms with Gasteiger partial charge in [-0.05, 0) is 136 Å². The topological polar surface area (TPSA) is 481 Å². The van der Waals surface area contributed by atoms with Gasteiger partial charge in [-0.3, -0.25) is 85.1 Å². The van der Waals surface area contributed by atoms with Crippen molar-refractivity contribution >= 4 is 11.9 Å². The Hall–Kier alpha value is -1.51. The van der Waals surface area contributed by atoms with E-state index in [0.29, 0.717) is 59.2 Å². The Labute approximate surface area is 571 Å². The van der Waals surface area contributed by atoms with Gasteiger partial charge < -0.3 is 65.7 Å². The molecule has 0 spiro atoms. The van der Waals surface area contributed by atoms with E-state index in [1.807, 2.05) is 0 Å². The number of fused-ring (bicyclic) bond motifs is 40. The van der Waals surface area contributed by atoms with Crippen LogP contribution in [0.3, 0.4) is 0 Å². The first-order valence-electron chi connectivity index (χ1n) is 38.2. The van der Waals surface area contributed by atoms with Gasteiger partial charge in [-0.25, -0.2) is 0 Å². The van der Waals surface area contributed by atoms with Crippen LogP contribution in [0.5, 0.6) is 0 Å². The Bertz CT molecular complexity index is 2550. The normalized spacial score (nSPS) is 58.1. The molecule has 8 saturated carbocycles. The maximum absolute atomic E-state index is 12.8. The number of nitrogens with one attached hydrogen (secondary N) is 16. The quantitative estimate of drug-likeness (QED) is 0.122. The van der Waals surface area contributed by atoms with Gasteiger partial charge in [-0.2, -0.15) is 0 Å². The molecular formula is C66H118CoN24O4. The Morgan fingerprint density at radius 3 is 0.653 bits per heavy atom. The molecule has 0 aromatic heterocycles. The van der Waals surface area contributed by atoms with E-state index in [9.17, 15) is 19.8 Å². The van der Waals surface area contributed by atoms with E-state index >= 15 is 0 Å². The number of hydrogen-bond donors (Lipinski definition) is 24. The van der Waals surface area contributed by atoms with Crippen molar-refractivity contribution in [1.29, 1.82) is 0 Å². The van der Waals surface area contributed by atoms with Crippen molar-refractivity contribution in [1.82, 2.24) is 85.1 Å². The van der Waals surface area contributed by atoms with Gasteiger partial charge in [0.15, 0.2) is 0 Å². The summed E-state index contributed by atoms with van der Waals surface area (Å²) in [5.74, 6) is 0.0381. The van der Waals surface area contributed by atoms with Gasteiger partial charge in [-0.15, -0.1) is 0 Å². The maximum Gasteiger partial charge on any atom is 2.00 e. The van der Waals surface area contributed by atoms with Crippen LogP contribution >= 0.6 is 0 Å². The molecule has 42 unspecified atom stereocenters. The molecule has 16 bridgehead atoms. The number of rotatable bonds is 2. The molecule has 42 atom stereocenters. The minimum atomic E-state index is -1.15. The molecule has 18 aliphatic rings. The Balaban J connectivity index is 0.000000148. The van der Waals surface area contributed by atoms with E-state index in [1.165, 1.54) is 89.9 Å². The summed E-state index contributed by atoms with van der Waals surface area (Å²) in [6.07, 6.45) is 26.5. The molecule has 29 heteroatoms. The molecular weight excluding hydrogens is 1250 g/mol. The van der Waals surface area contributed by atoms with E-state index in [-0.39, 0.29) is 163 Å². The molecule has 18 fully saturated rings. The predicted molar refractivity (Wildman–Crippen MR) is 349 cm³/mol. The summed E-state index contributed by atoms with van der Waals surface area (Å²) in [5.41, 5.74) is 54.1. The van der Waals surface area contributed by atoms with Crippen molar-refractivity contribution < 1.29 is 36.6 Å². The van der Waals surface area contributed by atoms with Crippen LogP contribution in [0.15, 0.2) is 0 Å². The zero-order valence-corrected chi connectivity index (χ0v) is 56.4. The van der Waals surface area contributed by atoms with Crippen molar-refractivity contribution in [2.24, 2.45) is 152 Å². The first kappa shape index (κ1) is 67.9. The van der Waals surface area contributed by atoms with Crippen LogP contribution in [0, 0.1) is 107 Å². The van der Waals surface area contributed by atoms with E-state index in [4.69, 9.17) is 45.9 Å². The third kappa shape index (κ3) is 11.7. The summed E-state index contributed by atoms with van der Waals surface area (Å²) in [6, 6.07) is -3.70. The molecule has 0 aromatic carbocycles. The standard InChI is InChI=1S/2C33H60N12O2.Co/c2*34-17-11-5-10-16-18(17)30-43-29(16)41-27-13-7-2-1-6-12(13)25(39-27)38-26-14-8-3-4-9-15(14)28(40-26)42-31-19-20(32(44-30)45-31)22(35)24(37)23(36)21(19)33(46)47;/h2*12-32,38-45H,1-11,34-37H2,(H,46,47);/q;;+2/p-2. The van der Waals surface area contributed by atoms with Crippen molar-refractivity contribution in [3.8, 4) is 0 Å². The van der Waals surface area contributed by atoms with Crippen molar-refractivity contribution in [3.05, 3.63) is 0 Å². The SMILES string of the molecule is NC1CCCC2C3NC4NC(NC5NC(NC6NC(NC(N3)C12)C1C(N)C(N)C(N)C(C(=O)[O-])C61)C1CCCCC51)C1CCCCC41.NC1CCCC2C3NC4NC(NC5NC(NC6NC(NC(N3)C12)C1C(N)C(N)C(N)C(C(=O)[O-])C61)C1CCCCC51)C1CCCCC41.[Co+2]. The first-order chi connectivity index (χ1) is 45.6. The van der Waals surface area contributed by atoms with Gasteiger partial charge >= 0.3 is 16.8 Å². The molecule has 0 aromatic rings. The number of carboxylic acid groups (broad SMARTS) is 2. The smallest absolute Gasteiger partial charge is 0.550 e. The number of nitrogens with two attached hydrogens (primary N) is 8. The molecule has 0 amide bonds. The molecule has 28 nitrogen and oxygen atoms in total. The second-order valence-corrected chi connectivity index (χ2v) is 33.9. The third-order valence-electron chi connectivity index (χ3n) is 29.7. The fraction of sp³-hybridized carbons (Fsp3) is 0.970. The van der Waals surface area contributed by atoms with Crippen LogP contribution in [-0.2, 0) is 26.4 Å². The van der Waals surface area contributed by atoms with Gasteiger partial charge in [-0.1, -0.05) is 64.2 Å². The first-order valence-corrected chi connectivity index (χ1v) is 38.2. The molecule has 32 N–H and O–H groups in total. The fourth-order valence-corrected chi connectivity index (χ4v) is 25.5. The molecule has 8 aliphatic carbocycles. The van der Waals surface area contributed by atoms with E-state index in [1.54, 1.807) is 0 Å². The Morgan fingerprint density at radius 1 is 0.221 bits per heavy atom. The van der Waals surface area contributed by atoms with Gasteiger partial charge in [0, 0.05) is 108 Å². The van der Waals surface area contributed by atoms with Crippen LogP contribution in [0.1, 0.15) is 141 Å². The number of carbonyl (C=O) groups is 2. The molecule has 18 rings (SSSR count). The summed E-state index contributed by atoms with van der Waals surface area (Å²) in [4.78, 5) is 25.7. The fourth-order valence-electron chi connectivity index (χ4n) is 25.5. The van der Waals surface area contributed by atoms with E-state index in [2.05, 4.69) is 85.1 Å². The average molecular weight is 1370 g/mol. The minimum Gasteiger partial charge on any atom is -0.550 e. The second kappa shape index (κ2) is 27.3. The monoisotopic (exact) mass is 1370 g/mol. The van der Waals surface area contributed by atoms with E-state index < -0.39 is 60.0 Å². The zero-order chi connectivity index (χ0) is 64.3. The van der Waals surface area contributed by atoms with Gasteiger partial charge in [0.1, 0.15) is 0 Å². The molecule has 1 radical (unpaired) electrons. The Kier molecular flexibility index (Phi) is 19.5. The summed E-state index contributed by atoms with van der Waals surface area (Å²) in [7, 11) is 0. The number of carboxylic acids is 2. The zero-order valence-electron chi connectivity index (χ0n) is 55.4. The number of carbonyl (C=O) groups excluding carboxylic acids is 2. The minimum absolute atomic E-state index is 0. The largest absolute Gasteiger partial charge is 2.00 e. The second-order valence-electron chi connectivity index (χ2n) is 33.9. The van der Waals surface area contributed by atoms with Gasteiger partial charge in [0.2, 0.25) is 0 Å². The van der Waals surface area contributed by atoms with E-state index in [0.717, 1.165) is 51.4 Å². The number of hydrogen-bond acceptors (Lipinski definition) is 28. The summed E-state index contributed by atoms with van der Waals surface area (Å²) < 4.78 is 0. The average Bonchev–Trinajstić information content (AvgIpc) is 1.61. The Morgan fingerprint density at radius 2 is 0.411 bits per heavy atom. The summed E-state index contributed by atoms with van der Waals surface area (Å²) >= 11 is 0. The molecule has 10 saturated heterocycles. The molecule has 10 aliphatic heterocycles. The van der Waals surface area contributed by atoms with Crippen molar-refractivity contribution in [3.63, 3.8) is 0 Å². The maximum atomic E-state index is 12.8. The predicted octanol–water partition coefficient (Wildman–Crippen LogP) is -7.34. The van der Waals surface area contributed by atoms with Crippen molar-refractivity contribution in [2.45, 2.75) is 288 Å². The molecule has 95 heavy (non-hydrogen) atoms. The van der Waals surface area contributed by atoms with Crippen LogP contribution < -0.4 is 141 Å². The van der Waals surface area contributed by atoms with Crippen LogP contribution in [-0.4, -0.2) is 159 Å². The van der Waals surface area contributed by atoms with Crippen LogP contribution in [0.25, 0.3) is 0 Å². The van der Waals surface area contributed by atoms with Crippen molar-refractivity contribution in [2.75, 3.05) is 0 Å². The summed E-state index contributed by atoms with van der Waals surface area (Å²) in [5, 5.41) is 89.8. The van der Waals surface area contributed by atoms with Crippen LogP contribution in [0.2, 0.25) is 0 Å². The molecule has 10 heterocycles. The number of aliphatic carboxylic acids is 2.